The number of hydrogen-bond acceptors (Lipinski definition) is 4. The van der Waals surface area contributed by atoms with Gasteiger partial charge in [0, 0.05) is 11.1 Å². The van der Waals surface area contributed by atoms with E-state index in [1.54, 1.807) is 6.33 Å². The van der Waals surface area contributed by atoms with Crippen LogP contribution in [0.15, 0.2) is 35.7 Å². The fourth-order valence-electron chi connectivity index (χ4n) is 1.96. The van der Waals surface area contributed by atoms with Crippen LogP contribution in [0.2, 0.25) is 5.02 Å². The second-order valence-corrected chi connectivity index (χ2v) is 6.63. The molecule has 0 aliphatic carbocycles. The van der Waals surface area contributed by atoms with Gasteiger partial charge in [0.25, 0.3) is 0 Å². The Bertz CT molecular complexity index is 644. The highest BCUT2D eigenvalue weighted by atomic mass is 35.5. The van der Waals surface area contributed by atoms with E-state index in [2.05, 4.69) is 29.4 Å². The molecule has 0 aliphatic heterocycles. The molecule has 0 fully saturated rings. The lowest BCUT2D eigenvalue weighted by atomic mass is 10.1. The maximum atomic E-state index is 12.1. The van der Waals surface area contributed by atoms with Crippen molar-refractivity contribution in [2.45, 2.75) is 38.0 Å². The first-order chi connectivity index (χ1) is 10.5. The van der Waals surface area contributed by atoms with Crippen molar-refractivity contribution in [2.75, 3.05) is 5.75 Å². The van der Waals surface area contributed by atoms with Gasteiger partial charge in [0.2, 0.25) is 5.91 Å². The van der Waals surface area contributed by atoms with E-state index in [0.717, 1.165) is 10.7 Å². The van der Waals surface area contributed by atoms with Crippen LogP contribution in [-0.2, 0) is 4.79 Å². The third-order valence-electron chi connectivity index (χ3n) is 3.16. The Balaban J connectivity index is 1.89. The van der Waals surface area contributed by atoms with Gasteiger partial charge in [0.15, 0.2) is 5.16 Å². The van der Waals surface area contributed by atoms with Gasteiger partial charge >= 0.3 is 0 Å². The summed E-state index contributed by atoms with van der Waals surface area (Å²) in [5.74, 6) is 0.256. The summed E-state index contributed by atoms with van der Waals surface area (Å²) in [4.78, 5) is 12.1. The lowest BCUT2D eigenvalue weighted by Crippen LogP contribution is -2.28. The predicted molar refractivity (Wildman–Crippen MR) is 89.1 cm³/mol. The van der Waals surface area contributed by atoms with Crippen LogP contribution in [0.5, 0.6) is 0 Å². The van der Waals surface area contributed by atoms with Crippen molar-refractivity contribution in [3.63, 3.8) is 0 Å². The molecule has 1 amide bonds. The lowest BCUT2D eigenvalue weighted by Gasteiger charge is -2.15. The monoisotopic (exact) mass is 338 g/mol. The molecule has 1 N–H and O–H groups in total. The molecule has 0 radical (unpaired) electrons. The summed E-state index contributed by atoms with van der Waals surface area (Å²) in [5, 5.41) is 12.3. The topological polar surface area (TPSA) is 59.8 Å². The molecule has 2 aromatic rings. The standard InChI is InChI=1S/C15H19ClN4OS/c1-10(2)20-9-17-19-15(20)22-8-14(21)18-11(3)12-5-4-6-13(16)7-12/h4-7,9-11H,8H2,1-3H3,(H,18,21)/t11-/m1/s1. The summed E-state index contributed by atoms with van der Waals surface area (Å²) in [6.07, 6.45) is 1.68. The minimum absolute atomic E-state index is 0.0456. The molecule has 118 valence electrons. The number of carbonyl (C=O) groups excluding carboxylic acids is 1. The van der Waals surface area contributed by atoms with Crippen molar-refractivity contribution in [2.24, 2.45) is 0 Å². The molecule has 7 heteroatoms. The Morgan fingerprint density at radius 3 is 2.86 bits per heavy atom. The smallest absolute Gasteiger partial charge is 0.230 e. The van der Waals surface area contributed by atoms with Crippen LogP contribution < -0.4 is 5.32 Å². The second kappa shape index (κ2) is 7.65. The Kier molecular flexibility index (Phi) is 5.85. The Hall–Kier alpha value is -1.53. The number of benzene rings is 1. The number of nitrogens with one attached hydrogen (secondary N) is 1. The number of rotatable bonds is 6. The first-order valence-electron chi connectivity index (χ1n) is 7.04. The van der Waals surface area contributed by atoms with Crippen LogP contribution in [0.3, 0.4) is 0 Å². The van der Waals surface area contributed by atoms with E-state index in [0.29, 0.717) is 10.8 Å². The number of amides is 1. The molecule has 0 spiro atoms. The Morgan fingerprint density at radius 2 is 2.18 bits per heavy atom. The van der Waals surface area contributed by atoms with Gasteiger partial charge in [-0.25, -0.2) is 0 Å². The first-order valence-corrected chi connectivity index (χ1v) is 8.41. The van der Waals surface area contributed by atoms with Crippen molar-refractivity contribution in [1.29, 1.82) is 0 Å². The van der Waals surface area contributed by atoms with Crippen LogP contribution in [0.25, 0.3) is 0 Å². The van der Waals surface area contributed by atoms with Gasteiger partial charge in [-0.2, -0.15) is 0 Å². The average Bonchev–Trinajstić information content (AvgIpc) is 2.93. The largest absolute Gasteiger partial charge is 0.349 e. The van der Waals surface area contributed by atoms with Crippen molar-refractivity contribution in [3.05, 3.63) is 41.2 Å². The molecular weight excluding hydrogens is 320 g/mol. The van der Waals surface area contributed by atoms with Crippen LogP contribution in [0.1, 0.15) is 38.4 Å². The zero-order valence-electron chi connectivity index (χ0n) is 12.8. The molecule has 1 heterocycles. The third kappa shape index (κ3) is 4.48. The van der Waals surface area contributed by atoms with E-state index in [1.807, 2.05) is 35.8 Å². The molecule has 22 heavy (non-hydrogen) atoms. The van der Waals surface area contributed by atoms with Crippen molar-refractivity contribution < 1.29 is 4.79 Å². The summed E-state index contributed by atoms with van der Waals surface area (Å²) in [6.45, 7) is 6.04. The zero-order chi connectivity index (χ0) is 16.1. The maximum Gasteiger partial charge on any atom is 0.230 e. The van der Waals surface area contributed by atoms with E-state index in [-0.39, 0.29) is 18.0 Å². The van der Waals surface area contributed by atoms with Gasteiger partial charge in [0.1, 0.15) is 6.33 Å². The molecule has 0 bridgehead atoms. The SMILES string of the molecule is CC(C)n1cnnc1SCC(=O)N[C@H](C)c1cccc(Cl)c1. The average molecular weight is 339 g/mol. The molecule has 0 saturated carbocycles. The lowest BCUT2D eigenvalue weighted by molar-refractivity contribution is -0.119. The van der Waals surface area contributed by atoms with Gasteiger partial charge in [-0.3, -0.25) is 4.79 Å². The van der Waals surface area contributed by atoms with Gasteiger partial charge in [0.05, 0.1) is 11.8 Å². The van der Waals surface area contributed by atoms with Gasteiger partial charge in [-0.05, 0) is 38.5 Å². The quantitative estimate of drug-likeness (QED) is 0.819. The van der Waals surface area contributed by atoms with E-state index in [4.69, 9.17) is 11.6 Å². The highest BCUT2D eigenvalue weighted by molar-refractivity contribution is 7.99. The van der Waals surface area contributed by atoms with E-state index < -0.39 is 0 Å². The highest BCUT2D eigenvalue weighted by Gasteiger charge is 2.13. The van der Waals surface area contributed by atoms with Crippen molar-refractivity contribution >= 4 is 29.3 Å². The molecule has 5 nitrogen and oxygen atoms in total. The molecule has 1 aromatic heterocycles. The van der Waals surface area contributed by atoms with Crippen LogP contribution in [0, 0.1) is 0 Å². The number of halogens is 1. The van der Waals surface area contributed by atoms with E-state index in [1.165, 1.54) is 11.8 Å². The summed E-state index contributed by atoms with van der Waals surface area (Å²) in [7, 11) is 0. The van der Waals surface area contributed by atoms with Gasteiger partial charge < -0.3 is 9.88 Å². The normalized spacial score (nSPS) is 12.4. The highest BCUT2D eigenvalue weighted by Crippen LogP contribution is 2.20. The summed E-state index contributed by atoms with van der Waals surface area (Å²) in [5.41, 5.74) is 0.983. The molecule has 0 aliphatic rings. The molecule has 2 rings (SSSR count). The predicted octanol–water partition coefficient (Wildman–Crippen LogP) is 3.48. The fraction of sp³-hybridized carbons (Fsp3) is 0.400. The molecule has 0 saturated heterocycles. The molecular formula is C15H19ClN4OS. The minimum atomic E-state index is -0.0882. The number of aromatic nitrogens is 3. The second-order valence-electron chi connectivity index (χ2n) is 5.25. The molecule has 1 atom stereocenters. The Labute approximate surface area is 139 Å². The summed E-state index contributed by atoms with van der Waals surface area (Å²) in [6, 6.07) is 7.67. The number of nitrogens with zero attached hydrogens (tertiary/aromatic N) is 3. The molecule has 1 aromatic carbocycles. The van der Waals surface area contributed by atoms with E-state index in [9.17, 15) is 4.79 Å². The van der Waals surface area contributed by atoms with Crippen LogP contribution >= 0.6 is 23.4 Å². The number of carbonyl (C=O) groups is 1. The summed E-state index contributed by atoms with van der Waals surface area (Å²) < 4.78 is 1.94. The minimum Gasteiger partial charge on any atom is -0.349 e. The molecule has 0 unspecified atom stereocenters. The van der Waals surface area contributed by atoms with Crippen molar-refractivity contribution in [1.82, 2.24) is 20.1 Å². The summed E-state index contributed by atoms with van der Waals surface area (Å²) >= 11 is 7.35. The number of hydrogen-bond donors (Lipinski definition) is 1. The Morgan fingerprint density at radius 1 is 1.41 bits per heavy atom. The third-order valence-corrected chi connectivity index (χ3v) is 4.35. The first kappa shape index (κ1) is 16.8. The van der Waals surface area contributed by atoms with Crippen LogP contribution in [-0.4, -0.2) is 26.4 Å². The maximum absolute atomic E-state index is 12.1. The van der Waals surface area contributed by atoms with Crippen molar-refractivity contribution in [3.8, 4) is 0 Å². The van der Waals surface area contributed by atoms with Crippen LogP contribution in [0.4, 0.5) is 0 Å². The number of thioether (sulfide) groups is 1. The van der Waals surface area contributed by atoms with Gasteiger partial charge in [-0.1, -0.05) is 35.5 Å². The fourth-order valence-corrected chi connectivity index (χ4v) is 3.02. The van der Waals surface area contributed by atoms with E-state index >= 15 is 0 Å². The van der Waals surface area contributed by atoms with Gasteiger partial charge in [-0.15, -0.1) is 10.2 Å². The zero-order valence-corrected chi connectivity index (χ0v) is 14.4.